The van der Waals surface area contributed by atoms with Crippen molar-refractivity contribution in [3.05, 3.63) is 28.2 Å². The molecule has 0 aromatic heterocycles. The molecule has 0 spiro atoms. The van der Waals surface area contributed by atoms with Gasteiger partial charge in [-0.1, -0.05) is 19.3 Å². The highest BCUT2D eigenvalue weighted by atomic mass is 79.9. The van der Waals surface area contributed by atoms with E-state index in [1.165, 1.54) is 32.1 Å². The SMILES string of the molecule is COc1ccc(/C=N\NC(=S)NC2CCCCC2)cc1Br. The van der Waals surface area contributed by atoms with Gasteiger partial charge in [0, 0.05) is 6.04 Å². The van der Waals surface area contributed by atoms with E-state index in [-0.39, 0.29) is 0 Å². The zero-order valence-electron chi connectivity index (χ0n) is 12.1. The van der Waals surface area contributed by atoms with Gasteiger partial charge in [0.2, 0.25) is 0 Å². The number of ether oxygens (including phenoxy) is 1. The maximum Gasteiger partial charge on any atom is 0.187 e. The first kappa shape index (κ1) is 16.2. The Bertz CT molecular complexity index is 516. The number of nitrogens with zero attached hydrogens (tertiary/aromatic N) is 1. The summed E-state index contributed by atoms with van der Waals surface area (Å²) in [5.41, 5.74) is 3.84. The van der Waals surface area contributed by atoms with Crippen LogP contribution in [0.1, 0.15) is 37.7 Å². The summed E-state index contributed by atoms with van der Waals surface area (Å²) in [5.74, 6) is 0.801. The Morgan fingerprint density at radius 1 is 1.38 bits per heavy atom. The monoisotopic (exact) mass is 369 g/mol. The average molecular weight is 370 g/mol. The zero-order valence-corrected chi connectivity index (χ0v) is 14.5. The molecule has 2 rings (SSSR count). The first-order chi connectivity index (χ1) is 10.2. The fourth-order valence-corrected chi connectivity index (χ4v) is 3.17. The third-order valence-corrected chi connectivity index (χ3v) is 4.32. The minimum Gasteiger partial charge on any atom is -0.496 e. The summed E-state index contributed by atoms with van der Waals surface area (Å²) in [4.78, 5) is 0. The summed E-state index contributed by atoms with van der Waals surface area (Å²) in [6.45, 7) is 0. The number of methoxy groups -OCH3 is 1. The lowest BCUT2D eigenvalue weighted by Gasteiger charge is -2.23. The molecule has 2 N–H and O–H groups in total. The third kappa shape index (κ3) is 5.28. The molecule has 1 aromatic rings. The molecule has 0 bridgehead atoms. The van der Waals surface area contributed by atoms with E-state index in [2.05, 4.69) is 31.8 Å². The van der Waals surface area contributed by atoms with Gasteiger partial charge in [0.15, 0.2) is 5.11 Å². The minimum absolute atomic E-state index is 0.490. The number of thiocarbonyl (C=S) groups is 1. The van der Waals surface area contributed by atoms with E-state index in [4.69, 9.17) is 17.0 Å². The molecule has 0 amide bonds. The molecule has 0 saturated heterocycles. The summed E-state index contributed by atoms with van der Waals surface area (Å²) in [7, 11) is 1.64. The summed E-state index contributed by atoms with van der Waals surface area (Å²) in [6.07, 6.45) is 8.02. The van der Waals surface area contributed by atoms with Crippen LogP contribution in [0.25, 0.3) is 0 Å². The van der Waals surface area contributed by atoms with Gasteiger partial charge in [-0.3, -0.25) is 5.43 Å². The third-order valence-electron chi connectivity index (χ3n) is 3.50. The van der Waals surface area contributed by atoms with Crippen molar-refractivity contribution in [2.45, 2.75) is 38.1 Å². The molecule has 1 saturated carbocycles. The highest BCUT2D eigenvalue weighted by molar-refractivity contribution is 9.10. The number of halogens is 1. The van der Waals surface area contributed by atoms with Gasteiger partial charge >= 0.3 is 0 Å². The fraction of sp³-hybridized carbons (Fsp3) is 0.467. The number of nitrogens with one attached hydrogen (secondary N) is 2. The van der Waals surface area contributed by atoms with E-state index in [1.807, 2.05) is 18.2 Å². The summed E-state index contributed by atoms with van der Waals surface area (Å²) >= 11 is 8.70. The molecule has 4 nitrogen and oxygen atoms in total. The lowest BCUT2D eigenvalue weighted by molar-refractivity contribution is 0.412. The highest BCUT2D eigenvalue weighted by Crippen LogP contribution is 2.24. The first-order valence-corrected chi connectivity index (χ1v) is 8.32. The van der Waals surface area contributed by atoms with Gasteiger partial charge in [-0.15, -0.1) is 0 Å². The molecule has 0 atom stereocenters. The van der Waals surface area contributed by atoms with Gasteiger partial charge in [-0.2, -0.15) is 5.10 Å². The molecular weight excluding hydrogens is 350 g/mol. The first-order valence-electron chi connectivity index (χ1n) is 7.12. The number of rotatable bonds is 4. The van der Waals surface area contributed by atoms with Gasteiger partial charge in [0.05, 0.1) is 17.8 Å². The quantitative estimate of drug-likeness (QED) is 0.483. The summed E-state index contributed by atoms with van der Waals surface area (Å²) < 4.78 is 6.09. The van der Waals surface area contributed by atoms with Crippen LogP contribution in [0.2, 0.25) is 0 Å². The van der Waals surface area contributed by atoms with Crippen LogP contribution in [0.3, 0.4) is 0 Å². The van der Waals surface area contributed by atoms with Crippen LogP contribution in [0.5, 0.6) is 5.75 Å². The topological polar surface area (TPSA) is 45.6 Å². The highest BCUT2D eigenvalue weighted by Gasteiger charge is 2.13. The fourth-order valence-electron chi connectivity index (χ4n) is 2.39. The molecule has 1 aliphatic carbocycles. The van der Waals surface area contributed by atoms with Crippen molar-refractivity contribution in [1.29, 1.82) is 0 Å². The van der Waals surface area contributed by atoms with Gasteiger partial charge in [0.25, 0.3) is 0 Å². The van der Waals surface area contributed by atoms with Gasteiger partial charge in [-0.25, -0.2) is 0 Å². The van der Waals surface area contributed by atoms with Gasteiger partial charge in [-0.05, 0) is 64.8 Å². The van der Waals surface area contributed by atoms with E-state index in [1.54, 1.807) is 13.3 Å². The molecular formula is C15H20BrN3OS. The van der Waals surface area contributed by atoms with Crippen molar-refractivity contribution in [3.8, 4) is 5.75 Å². The van der Waals surface area contributed by atoms with Crippen molar-refractivity contribution in [2.24, 2.45) is 5.10 Å². The molecule has 0 aliphatic heterocycles. The van der Waals surface area contributed by atoms with Crippen molar-refractivity contribution >= 4 is 39.5 Å². The molecule has 6 heteroatoms. The van der Waals surface area contributed by atoms with Crippen LogP contribution in [-0.2, 0) is 0 Å². The van der Waals surface area contributed by atoms with Crippen LogP contribution in [0.15, 0.2) is 27.8 Å². The average Bonchev–Trinajstić information content (AvgIpc) is 2.48. The number of hydrazone groups is 1. The predicted molar refractivity (Wildman–Crippen MR) is 94.0 cm³/mol. The maximum atomic E-state index is 5.25. The Morgan fingerprint density at radius 2 is 2.14 bits per heavy atom. The predicted octanol–water partition coefficient (Wildman–Crippen LogP) is 3.59. The minimum atomic E-state index is 0.490. The molecule has 0 heterocycles. The second-order valence-electron chi connectivity index (χ2n) is 5.07. The smallest absolute Gasteiger partial charge is 0.187 e. The van der Waals surface area contributed by atoms with Crippen molar-refractivity contribution < 1.29 is 4.74 Å². The zero-order chi connectivity index (χ0) is 15.1. The van der Waals surface area contributed by atoms with Crippen LogP contribution in [-0.4, -0.2) is 24.5 Å². The van der Waals surface area contributed by atoms with E-state index in [9.17, 15) is 0 Å². The maximum absolute atomic E-state index is 5.25. The largest absolute Gasteiger partial charge is 0.496 e. The molecule has 21 heavy (non-hydrogen) atoms. The summed E-state index contributed by atoms with van der Waals surface area (Å²) in [5, 5.41) is 8.06. The van der Waals surface area contributed by atoms with E-state index in [0.717, 1.165) is 15.8 Å². The molecule has 1 fully saturated rings. The number of hydrogen-bond acceptors (Lipinski definition) is 3. The second-order valence-corrected chi connectivity index (χ2v) is 6.33. The Morgan fingerprint density at radius 3 is 2.81 bits per heavy atom. The number of hydrogen-bond donors (Lipinski definition) is 2. The standard InChI is InChI=1S/C15H20BrN3OS/c1-20-14-8-7-11(9-13(14)16)10-17-19-15(21)18-12-5-3-2-4-6-12/h7-10,12H,2-6H2,1H3,(H2,18,19,21)/b17-10-. The Labute approximate surface area is 139 Å². The van der Waals surface area contributed by atoms with Crippen LogP contribution < -0.4 is 15.5 Å². The molecule has 1 aromatic carbocycles. The van der Waals surface area contributed by atoms with Crippen molar-refractivity contribution in [1.82, 2.24) is 10.7 Å². The molecule has 114 valence electrons. The summed E-state index contributed by atoms with van der Waals surface area (Å²) in [6, 6.07) is 6.27. The van der Waals surface area contributed by atoms with E-state index < -0.39 is 0 Å². The Kier molecular flexibility index (Phi) is 6.45. The Hall–Kier alpha value is -1.14. The van der Waals surface area contributed by atoms with Crippen LogP contribution in [0, 0.1) is 0 Å². The van der Waals surface area contributed by atoms with Crippen molar-refractivity contribution in [2.75, 3.05) is 7.11 Å². The second kappa shape index (κ2) is 8.34. The lowest BCUT2D eigenvalue weighted by Crippen LogP contribution is -2.40. The van der Waals surface area contributed by atoms with Gasteiger partial charge < -0.3 is 10.1 Å². The van der Waals surface area contributed by atoms with E-state index in [0.29, 0.717) is 11.2 Å². The molecule has 0 unspecified atom stereocenters. The van der Waals surface area contributed by atoms with E-state index >= 15 is 0 Å². The van der Waals surface area contributed by atoms with Gasteiger partial charge in [0.1, 0.15) is 5.75 Å². The molecule has 1 aliphatic rings. The normalized spacial score (nSPS) is 15.9. The van der Waals surface area contributed by atoms with Crippen LogP contribution >= 0.6 is 28.1 Å². The Balaban J connectivity index is 1.81. The molecule has 0 radical (unpaired) electrons. The van der Waals surface area contributed by atoms with Crippen molar-refractivity contribution in [3.63, 3.8) is 0 Å². The number of benzene rings is 1. The lowest BCUT2D eigenvalue weighted by atomic mass is 9.96. The van der Waals surface area contributed by atoms with Crippen LogP contribution in [0.4, 0.5) is 0 Å².